The van der Waals surface area contributed by atoms with Crippen LogP contribution >= 0.6 is 0 Å². The molecule has 2 saturated heterocycles. The van der Waals surface area contributed by atoms with Crippen molar-refractivity contribution in [3.63, 3.8) is 0 Å². The van der Waals surface area contributed by atoms with Gasteiger partial charge in [-0.3, -0.25) is 9.52 Å². The lowest BCUT2D eigenvalue weighted by Gasteiger charge is -2.32. The van der Waals surface area contributed by atoms with Gasteiger partial charge in [-0.15, -0.1) is 0 Å². The molecule has 2 aliphatic heterocycles. The smallest absolute Gasteiger partial charge is 0.269 e. The zero-order chi connectivity index (χ0) is 30.9. The van der Waals surface area contributed by atoms with Gasteiger partial charge in [-0.2, -0.15) is 8.78 Å². The number of aliphatic hydroxyl groups is 1. The molecule has 3 aromatic rings. The quantitative estimate of drug-likeness (QED) is 0.299. The lowest BCUT2D eigenvalue weighted by molar-refractivity contribution is -0.0221. The van der Waals surface area contributed by atoms with E-state index in [9.17, 15) is 30.8 Å². The molecule has 2 fully saturated rings. The number of sulfonamides is 1. The maximum atomic E-state index is 15.6. The molecule has 0 aliphatic carbocycles. The topological polar surface area (TPSA) is 128 Å². The summed E-state index contributed by atoms with van der Waals surface area (Å²) in [4.78, 5) is 21.1. The number of piperidine rings is 2. The molecule has 3 N–H and O–H groups in total. The SMILES string of the molecule is O=C(Nc1cc2ccoc2c(N2CCC(F)(F)CC2)n1)c1c(F)cc(NS(=O)(=O)CCO)cc1N1CCC(=C(F)F)CC1. The predicted octanol–water partition coefficient (Wildman–Crippen LogP) is 4.94. The number of hydrogen-bond acceptors (Lipinski definition) is 8. The summed E-state index contributed by atoms with van der Waals surface area (Å²) in [6.45, 7) is -0.698. The molecule has 43 heavy (non-hydrogen) atoms. The first-order valence-electron chi connectivity index (χ1n) is 13.4. The first kappa shape index (κ1) is 30.5. The van der Waals surface area contributed by atoms with E-state index >= 15 is 4.39 Å². The number of amides is 1. The van der Waals surface area contributed by atoms with Crippen molar-refractivity contribution in [2.75, 3.05) is 58.4 Å². The Labute approximate surface area is 243 Å². The second-order valence-electron chi connectivity index (χ2n) is 10.3. The molecular weight excluding hydrogens is 601 g/mol. The fourth-order valence-corrected chi connectivity index (χ4v) is 5.96. The molecule has 5 rings (SSSR count). The van der Waals surface area contributed by atoms with Gasteiger partial charge in [0.2, 0.25) is 10.0 Å². The van der Waals surface area contributed by atoms with E-state index in [1.165, 1.54) is 23.3 Å². The minimum Gasteiger partial charge on any atom is -0.460 e. The number of aliphatic hydroxyl groups excluding tert-OH is 1. The van der Waals surface area contributed by atoms with Crippen molar-refractivity contribution in [3.05, 3.63) is 53.6 Å². The summed E-state index contributed by atoms with van der Waals surface area (Å²) < 4.78 is 102. The summed E-state index contributed by atoms with van der Waals surface area (Å²) in [6, 6.07) is 5.09. The predicted molar refractivity (Wildman–Crippen MR) is 150 cm³/mol. The fourth-order valence-electron chi connectivity index (χ4n) is 5.14. The van der Waals surface area contributed by atoms with Gasteiger partial charge in [0.1, 0.15) is 11.6 Å². The van der Waals surface area contributed by atoms with Crippen molar-refractivity contribution in [3.8, 4) is 0 Å². The number of anilines is 4. The molecule has 10 nitrogen and oxygen atoms in total. The lowest BCUT2D eigenvalue weighted by atomic mass is 10.0. The van der Waals surface area contributed by atoms with Crippen LogP contribution in [0.4, 0.5) is 45.0 Å². The van der Waals surface area contributed by atoms with Gasteiger partial charge in [-0.05, 0) is 42.7 Å². The van der Waals surface area contributed by atoms with Crippen molar-refractivity contribution in [1.82, 2.24) is 4.98 Å². The monoisotopic (exact) mass is 629 g/mol. The number of carbonyl (C=O) groups excluding carboxylic acids is 1. The summed E-state index contributed by atoms with van der Waals surface area (Å²) >= 11 is 0. The first-order valence-corrected chi connectivity index (χ1v) is 15.1. The van der Waals surface area contributed by atoms with Gasteiger partial charge in [-0.1, -0.05) is 0 Å². The summed E-state index contributed by atoms with van der Waals surface area (Å²) in [5.74, 6) is -5.31. The second kappa shape index (κ2) is 12.0. The molecule has 0 unspecified atom stereocenters. The Kier molecular flexibility index (Phi) is 8.51. The van der Waals surface area contributed by atoms with E-state index in [1.54, 1.807) is 11.0 Å². The van der Waals surface area contributed by atoms with Crippen molar-refractivity contribution >= 4 is 49.9 Å². The van der Waals surface area contributed by atoms with E-state index in [1.807, 2.05) is 0 Å². The first-order chi connectivity index (χ1) is 20.4. The number of benzene rings is 1. The molecule has 0 spiro atoms. The number of nitrogens with one attached hydrogen (secondary N) is 2. The van der Waals surface area contributed by atoms with E-state index < -0.39 is 64.5 Å². The number of halogens is 5. The van der Waals surface area contributed by atoms with E-state index in [0.717, 1.165) is 6.07 Å². The van der Waals surface area contributed by atoms with Crippen LogP contribution < -0.4 is 19.8 Å². The minimum atomic E-state index is -4.05. The Hall–Kier alpha value is -3.92. The molecule has 0 radical (unpaired) electrons. The highest BCUT2D eigenvalue weighted by Crippen LogP contribution is 2.36. The van der Waals surface area contributed by atoms with Gasteiger partial charge in [0.05, 0.1) is 35.6 Å². The molecule has 4 heterocycles. The third-order valence-electron chi connectivity index (χ3n) is 7.36. The van der Waals surface area contributed by atoms with Crippen LogP contribution in [0.2, 0.25) is 0 Å². The molecular formula is C27H28F5N5O5S. The number of aromatic nitrogens is 1. The van der Waals surface area contributed by atoms with E-state index in [0.29, 0.717) is 11.0 Å². The van der Waals surface area contributed by atoms with E-state index in [2.05, 4.69) is 15.0 Å². The molecule has 1 aromatic carbocycles. The standard InChI is InChI=1S/C27H28F5N5O5S/c28-19-14-18(35-43(40,41)12-10-38)15-20(36-6-1-16(2-7-36)24(29)30)22(19)26(39)34-21-13-17-3-11-42-23(17)25(33-21)37-8-4-27(31,32)5-9-37/h3,11,13-15,35,38H,1-2,4-10,12H2,(H,33,34,39). The third-order valence-corrected chi connectivity index (χ3v) is 8.62. The molecule has 16 heteroatoms. The Morgan fingerprint density at radius 1 is 1.07 bits per heavy atom. The Bertz CT molecular complexity index is 1660. The van der Waals surface area contributed by atoms with Crippen LogP contribution in [0.5, 0.6) is 0 Å². The van der Waals surface area contributed by atoms with Crippen LogP contribution in [0.1, 0.15) is 36.0 Å². The van der Waals surface area contributed by atoms with Gasteiger partial charge < -0.3 is 24.6 Å². The number of fused-ring (bicyclic) bond motifs is 1. The summed E-state index contributed by atoms with van der Waals surface area (Å²) in [6.07, 6.45) is -1.31. The van der Waals surface area contributed by atoms with Crippen LogP contribution in [-0.4, -0.2) is 68.9 Å². The molecule has 2 aliphatic rings. The average Bonchev–Trinajstić information content (AvgIpc) is 3.41. The normalized spacial score (nSPS) is 17.3. The van der Waals surface area contributed by atoms with Gasteiger partial charge >= 0.3 is 0 Å². The number of nitrogens with zero attached hydrogens (tertiary/aromatic N) is 3. The number of carbonyl (C=O) groups is 1. The molecule has 1 amide bonds. The highest BCUT2D eigenvalue weighted by Gasteiger charge is 2.35. The zero-order valence-electron chi connectivity index (χ0n) is 22.7. The largest absolute Gasteiger partial charge is 0.460 e. The van der Waals surface area contributed by atoms with Crippen molar-refractivity contribution in [2.24, 2.45) is 0 Å². The molecule has 0 atom stereocenters. The van der Waals surface area contributed by atoms with Crippen molar-refractivity contribution < 1.29 is 44.7 Å². The highest BCUT2D eigenvalue weighted by molar-refractivity contribution is 7.92. The zero-order valence-corrected chi connectivity index (χ0v) is 23.5. The Morgan fingerprint density at radius 2 is 1.77 bits per heavy atom. The van der Waals surface area contributed by atoms with Crippen LogP contribution in [0.25, 0.3) is 11.0 Å². The van der Waals surface area contributed by atoms with E-state index in [4.69, 9.17) is 9.52 Å². The fraction of sp³-hybridized carbons (Fsp3) is 0.407. The van der Waals surface area contributed by atoms with Gasteiger partial charge in [0.15, 0.2) is 11.4 Å². The van der Waals surface area contributed by atoms with Crippen LogP contribution in [0.15, 0.2) is 46.6 Å². The van der Waals surface area contributed by atoms with Gasteiger partial charge in [0.25, 0.3) is 17.9 Å². The Balaban J connectivity index is 1.49. The van der Waals surface area contributed by atoms with Crippen LogP contribution in [0.3, 0.4) is 0 Å². The summed E-state index contributed by atoms with van der Waals surface area (Å²) in [7, 11) is -4.05. The molecule has 0 saturated carbocycles. The maximum Gasteiger partial charge on any atom is 0.269 e. The van der Waals surface area contributed by atoms with Crippen molar-refractivity contribution in [2.45, 2.75) is 31.6 Å². The number of pyridine rings is 1. The average molecular weight is 630 g/mol. The molecule has 0 bridgehead atoms. The molecule has 2 aromatic heterocycles. The number of furan rings is 1. The molecule has 232 valence electrons. The van der Waals surface area contributed by atoms with Crippen molar-refractivity contribution in [1.29, 1.82) is 0 Å². The summed E-state index contributed by atoms with van der Waals surface area (Å²) in [5.41, 5.74) is -0.487. The van der Waals surface area contributed by atoms with Gasteiger partial charge in [-0.25, -0.2) is 26.6 Å². The van der Waals surface area contributed by atoms with Crippen LogP contribution in [0, 0.1) is 5.82 Å². The maximum absolute atomic E-state index is 15.6. The third kappa shape index (κ3) is 6.85. The minimum absolute atomic E-state index is 0.00219. The second-order valence-corrected chi connectivity index (χ2v) is 12.2. The lowest BCUT2D eigenvalue weighted by Crippen LogP contribution is -2.39. The van der Waals surface area contributed by atoms with Crippen LogP contribution in [-0.2, 0) is 10.0 Å². The highest BCUT2D eigenvalue weighted by atomic mass is 32.2. The summed E-state index contributed by atoms with van der Waals surface area (Å²) in [5, 5.41) is 12.1. The number of rotatable bonds is 8. The Morgan fingerprint density at radius 3 is 2.42 bits per heavy atom. The van der Waals surface area contributed by atoms with E-state index in [-0.39, 0.29) is 67.6 Å². The number of hydrogen-bond donors (Lipinski definition) is 3. The van der Waals surface area contributed by atoms with Gasteiger partial charge in [0, 0.05) is 44.4 Å². The number of alkyl halides is 2.